The van der Waals surface area contributed by atoms with E-state index in [-0.39, 0.29) is 16.2 Å². The van der Waals surface area contributed by atoms with E-state index in [2.05, 4.69) is 507 Å². The standard InChI is InChI=1S/C137H91N7/c1-135(2)114-36-17-10-27-95(114)98-60-57-91(77-117(98)135)142-121-40-21-14-31-102(121)109-72-84(48-66-125(109)142)83-47-65-124-108(71-83)101-30-13-20-39-120(101)140(124)89-53-43-80(44-54-89)94-63-64-106-130-105(94)34-24-35-107(130)133-131(106)132(138-134(139-133)82-25-8-7-9-26-82)81-45-55-90(56-46-81)141-128-69-51-87(85-49-67-126-110(73-85)103-32-15-22-41-122(103)143(126)92-58-61-99-96-28-11-18-37-115(96)136(3,4)118(99)78-92)75-112(128)113-76-88(52-70-129(113)141)86-50-68-127-111(74-86)104-33-16-23-42-123(104)144(127)93-59-62-100-97-29-12-19-38-116(97)137(5,6)119(100)79-93/h7-79H,1-6H3. The molecule has 0 radical (unpaired) electrons. The number of rotatable bonds is 11. The quantitative estimate of drug-likeness (QED) is 0.130. The monoisotopic (exact) mass is 1830 g/mol. The minimum atomic E-state index is -0.136. The topological polar surface area (TPSA) is 50.4 Å². The predicted octanol–water partition coefficient (Wildman–Crippen LogP) is 35.7. The molecule has 0 fully saturated rings. The van der Waals surface area contributed by atoms with Gasteiger partial charge in [-0.1, -0.05) is 327 Å². The zero-order chi connectivity index (χ0) is 95.2. The van der Waals surface area contributed by atoms with Crippen molar-refractivity contribution in [3.63, 3.8) is 0 Å². The molecule has 27 aromatic rings. The van der Waals surface area contributed by atoms with Gasteiger partial charge >= 0.3 is 0 Å². The van der Waals surface area contributed by atoms with Gasteiger partial charge in [0.2, 0.25) is 0 Å². The maximum absolute atomic E-state index is 5.68. The number of nitrogens with zero attached hydrogens (tertiary/aromatic N) is 7. The van der Waals surface area contributed by atoms with Crippen LogP contribution in [0, 0.1) is 0 Å². The summed E-state index contributed by atoms with van der Waals surface area (Å²) in [6.07, 6.45) is 0. The Kier molecular flexibility index (Phi) is 16.6. The van der Waals surface area contributed by atoms with Gasteiger partial charge in [0.15, 0.2) is 5.82 Å². The Morgan fingerprint density at radius 3 is 0.799 bits per heavy atom. The summed E-state index contributed by atoms with van der Waals surface area (Å²) in [4.78, 5) is 11.3. The van der Waals surface area contributed by atoms with Crippen molar-refractivity contribution >= 4 is 120 Å². The summed E-state index contributed by atoms with van der Waals surface area (Å²) in [7, 11) is 0. The molecule has 0 bridgehead atoms. The molecule has 31 rings (SSSR count). The van der Waals surface area contributed by atoms with Gasteiger partial charge in [0.1, 0.15) is 0 Å². The second-order valence-electron chi connectivity index (χ2n) is 41.8. The molecular weight excluding hydrogens is 1740 g/mol. The zero-order valence-electron chi connectivity index (χ0n) is 80.3. The van der Waals surface area contributed by atoms with Crippen molar-refractivity contribution in [3.05, 3.63) is 476 Å². The molecule has 7 heteroatoms. The van der Waals surface area contributed by atoms with Crippen molar-refractivity contribution in [2.75, 3.05) is 0 Å². The highest BCUT2D eigenvalue weighted by Gasteiger charge is 2.40. The highest BCUT2D eigenvalue weighted by Crippen LogP contribution is 2.57. The molecule has 0 atom stereocenters. The molecular formula is C137H91N7. The molecule has 6 heterocycles. The fraction of sp³-hybridized carbons (Fsp3) is 0.0657. The molecule has 0 amide bonds. The summed E-state index contributed by atoms with van der Waals surface area (Å²) in [6, 6.07) is 167. The molecule has 0 saturated heterocycles. The molecule has 674 valence electrons. The third-order valence-electron chi connectivity index (χ3n) is 33.3. The van der Waals surface area contributed by atoms with Crippen molar-refractivity contribution < 1.29 is 0 Å². The molecule has 144 heavy (non-hydrogen) atoms. The number of fused-ring (bicyclic) bond motifs is 27. The average Bonchev–Trinajstić information content (AvgIpc) is 1.52. The molecule has 0 N–H and O–H groups in total. The number of para-hydroxylation sites is 4. The van der Waals surface area contributed by atoms with Crippen LogP contribution < -0.4 is 0 Å². The van der Waals surface area contributed by atoms with E-state index >= 15 is 0 Å². The Morgan fingerprint density at radius 2 is 0.424 bits per heavy atom. The van der Waals surface area contributed by atoms with E-state index in [1.54, 1.807) is 0 Å². The van der Waals surface area contributed by atoms with Crippen LogP contribution >= 0.6 is 0 Å². The number of hydrogen-bond donors (Lipinski definition) is 0. The summed E-state index contributed by atoms with van der Waals surface area (Å²) >= 11 is 0. The lowest BCUT2D eigenvalue weighted by molar-refractivity contribution is 0.660. The Morgan fingerprint density at radius 1 is 0.160 bits per heavy atom. The van der Waals surface area contributed by atoms with Crippen LogP contribution in [0.15, 0.2) is 443 Å². The SMILES string of the molecule is CC1(C)c2ccccc2-c2ccc(-n3c4ccccc4c4cc(-c5ccc6c(c5)c5ccccc5n6-c5ccc(-c6ccc7c8c(cccc68)-c6nc(-c8ccccc8)nc(-c8ccc(-n9c%10ccc(-c%11ccc%12c(c%11)c%11ccccc%11n%12-c%11ccc%12c(c%11)C(C)(C)c%11ccccc%11-%12)cc%10c%10cc(-c%11ccc%12c(c%11)c%11ccccc%11n%12-c%11ccc%12c(c%11)C(C)(C)c%11ccccc%11-%12)ccc%109)cc8)c6-7)cc5)ccc43)cc21. The van der Waals surface area contributed by atoms with Gasteiger partial charge < -0.3 is 22.8 Å². The second kappa shape index (κ2) is 29.5. The number of benzene rings is 21. The van der Waals surface area contributed by atoms with Crippen LogP contribution in [0.4, 0.5) is 0 Å². The van der Waals surface area contributed by atoms with Gasteiger partial charge in [-0.2, -0.15) is 0 Å². The fourth-order valence-corrected chi connectivity index (χ4v) is 26.3. The number of aromatic nitrogens is 7. The maximum Gasteiger partial charge on any atom is 0.160 e. The Balaban J connectivity index is 0.504. The van der Waals surface area contributed by atoms with Gasteiger partial charge in [-0.15, -0.1) is 0 Å². The second-order valence-corrected chi connectivity index (χ2v) is 41.8. The van der Waals surface area contributed by atoms with Gasteiger partial charge in [0.05, 0.1) is 66.6 Å². The summed E-state index contributed by atoms with van der Waals surface area (Å²) in [5.74, 6) is 0.688. The lowest BCUT2D eigenvalue weighted by atomic mass is 9.82. The van der Waals surface area contributed by atoms with E-state index in [0.717, 1.165) is 101 Å². The molecule has 0 saturated carbocycles. The minimum Gasteiger partial charge on any atom is -0.309 e. The molecule has 0 unspecified atom stereocenters. The first-order valence-electron chi connectivity index (χ1n) is 50.4. The molecule has 6 aromatic heterocycles. The van der Waals surface area contributed by atoms with Crippen molar-refractivity contribution in [2.45, 2.75) is 57.8 Å². The summed E-state index contributed by atoms with van der Waals surface area (Å²) in [5.41, 5.74) is 49.6. The first kappa shape index (κ1) is 80.9. The van der Waals surface area contributed by atoms with Crippen LogP contribution in [0.1, 0.15) is 74.9 Å². The van der Waals surface area contributed by atoms with E-state index in [0.29, 0.717) is 5.82 Å². The van der Waals surface area contributed by atoms with Crippen LogP contribution in [-0.4, -0.2) is 32.8 Å². The maximum atomic E-state index is 5.68. The third-order valence-corrected chi connectivity index (χ3v) is 33.3. The van der Waals surface area contributed by atoms with Crippen molar-refractivity contribution in [1.29, 1.82) is 0 Å². The molecule has 21 aromatic carbocycles. The first-order chi connectivity index (χ1) is 70.7. The third kappa shape index (κ3) is 11.3. The molecule has 0 aliphatic heterocycles. The van der Waals surface area contributed by atoms with E-state index < -0.39 is 0 Å². The van der Waals surface area contributed by atoms with E-state index in [9.17, 15) is 0 Å². The van der Waals surface area contributed by atoms with Crippen LogP contribution in [0.3, 0.4) is 0 Å². The van der Waals surface area contributed by atoms with E-state index in [4.69, 9.17) is 9.97 Å². The normalized spacial score (nSPS) is 13.8. The van der Waals surface area contributed by atoms with Crippen LogP contribution in [0.25, 0.3) is 271 Å². The lowest BCUT2D eigenvalue weighted by Crippen LogP contribution is -2.15. The average molecular weight is 1840 g/mol. The highest BCUT2D eigenvalue weighted by molar-refractivity contribution is 6.22. The lowest BCUT2D eigenvalue weighted by Gasteiger charge is -2.22. The van der Waals surface area contributed by atoms with Crippen LogP contribution in [0.5, 0.6) is 0 Å². The number of hydrogen-bond acceptors (Lipinski definition) is 2. The van der Waals surface area contributed by atoms with Gasteiger partial charge in [-0.3, -0.25) is 0 Å². The minimum absolute atomic E-state index is 0.107. The van der Waals surface area contributed by atoms with Gasteiger partial charge in [-0.05, 0) is 285 Å². The van der Waals surface area contributed by atoms with Crippen molar-refractivity contribution in [1.82, 2.24) is 32.8 Å². The molecule has 7 nitrogen and oxygen atoms in total. The van der Waals surface area contributed by atoms with E-state index in [1.165, 1.54) is 198 Å². The largest absolute Gasteiger partial charge is 0.309 e. The van der Waals surface area contributed by atoms with Gasteiger partial charge in [-0.25, -0.2) is 9.97 Å². The van der Waals surface area contributed by atoms with Crippen molar-refractivity contribution in [2.24, 2.45) is 0 Å². The smallest absolute Gasteiger partial charge is 0.160 e. The summed E-state index contributed by atoms with van der Waals surface area (Å²) < 4.78 is 12.3. The summed E-state index contributed by atoms with van der Waals surface area (Å²) in [5, 5.41) is 14.5. The van der Waals surface area contributed by atoms with E-state index in [1.807, 2.05) is 0 Å². The molecule has 4 aliphatic rings. The zero-order valence-corrected chi connectivity index (χ0v) is 80.3. The van der Waals surface area contributed by atoms with Gasteiger partial charge in [0.25, 0.3) is 0 Å². The Labute approximate surface area is 832 Å². The Hall–Kier alpha value is -18.0. The van der Waals surface area contributed by atoms with Crippen molar-refractivity contribution in [3.8, 4) is 151 Å². The van der Waals surface area contributed by atoms with Gasteiger partial charge in [0, 0.05) is 121 Å². The predicted molar refractivity (Wildman–Crippen MR) is 601 cm³/mol. The van der Waals surface area contributed by atoms with Crippen LogP contribution in [0.2, 0.25) is 0 Å². The first-order valence-corrected chi connectivity index (χ1v) is 50.4. The Bertz CT molecular complexity index is 10100. The summed E-state index contributed by atoms with van der Waals surface area (Å²) in [6.45, 7) is 14.2. The molecule has 4 aliphatic carbocycles. The highest BCUT2D eigenvalue weighted by atomic mass is 15.0. The molecule has 0 spiro atoms. The fourth-order valence-electron chi connectivity index (χ4n) is 26.3. The van der Waals surface area contributed by atoms with Crippen LogP contribution in [-0.2, 0) is 16.2 Å².